The van der Waals surface area contributed by atoms with E-state index in [0.717, 1.165) is 57.2 Å². The molecule has 2 rings (SSSR count). The van der Waals surface area contributed by atoms with Crippen LogP contribution in [0.25, 0.3) is 16.8 Å². The van der Waals surface area contributed by atoms with Gasteiger partial charge in [0.2, 0.25) is 0 Å². The van der Waals surface area contributed by atoms with Crippen molar-refractivity contribution in [2.24, 2.45) is 0 Å². The van der Waals surface area contributed by atoms with E-state index in [9.17, 15) is 0 Å². The predicted octanol–water partition coefficient (Wildman–Crippen LogP) is 6.78. The third kappa shape index (κ3) is 6.53. The Morgan fingerprint density at radius 1 is 1.26 bits per heavy atom. The van der Waals surface area contributed by atoms with Crippen LogP contribution >= 0.6 is 15.9 Å². The van der Waals surface area contributed by atoms with Gasteiger partial charge >= 0.3 is 0 Å². The smallest absolute Gasteiger partial charge is 0.135 e. The zero-order valence-electron chi connectivity index (χ0n) is 20.7. The van der Waals surface area contributed by atoms with E-state index in [4.69, 9.17) is 14.7 Å². The molecule has 2 aromatic rings. The predicted molar refractivity (Wildman–Crippen MR) is 139 cm³/mol. The lowest BCUT2D eigenvalue weighted by atomic mass is 9.99. The van der Waals surface area contributed by atoms with Crippen LogP contribution in [0.4, 0.5) is 11.5 Å². The Bertz CT molecular complexity index is 880. The van der Waals surface area contributed by atoms with E-state index in [-0.39, 0.29) is 0 Å². The normalized spacial score (nSPS) is 10.5. The molecule has 0 amide bonds. The van der Waals surface area contributed by atoms with E-state index >= 15 is 0 Å². The van der Waals surface area contributed by atoms with Gasteiger partial charge in [-0.3, -0.25) is 0 Å². The number of anilines is 2. The summed E-state index contributed by atoms with van der Waals surface area (Å²) in [5.41, 5.74) is 7.07. The van der Waals surface area contributed by atoms with Gasteiger partial charge in [-0.2, -0.15) is 0 Å². The fourth-order valence-corrected chi connectivity index (χ4v) is 4.05. The maximum absolute atomic E-state index is 5.25. The van der Waals surface area contributed by atoms with Gasteiger partial charge in [0.15, 0.2) is 0 Å². The minimum atomic E-state index is 0.326. The van der Waals surface area contributed by atoms with Gasteiger partial charge < -0.3 is 15.0 Å². The van der Waals surface area contributed by atoms with Gasteiger partial charge in [0, 0.05) is 37.8 Å². The lowest BCUT2D eigenvalue weighted by Crippen LogP contribution is -2.24. The summed E-state index contributed by atoms with van der Waals surface area (Å²) < 4.78 is 6.25. The third-order valence-electron chi connectivity index (χ3n) is 4.95. The quantitative estimate of drug-likeness (QED) is 0.419. The van der Waals surface area contributed by atoms with Gasteiger partial charge in [-0.15, -0.1) is 0 Å². The second kappa shape index (κ2) is 12.8. The summed E-state index contributed by atoms with van der Waals surface area (Å²) in [4.78, 5) is 12.1. The van der Waals surface area contributed by atoms with Crippen molar-refractivity contribution in [1.29, 1.82) is 0 Å². The second-order valence-electron chi connectivity index (χ2n) is 7.57. The molecule has 0 atom stereocenters. The molecule has 5 nitrogen and oxygen atoms in total. The molecule has 172 valence electrons. The van der Waals surface area contributed by atoms with Crippen molar-refractivity contribution in [1.82, 2.24) is 9.97 Å². The molecule has 2 aromatic heterocycles. The summed E-state index contributed by atoms with van der Waals surface area (Å²) in [6.45, 7) is 18.1. The van der Waals surface area contributed by atoms with Crippen LogP contribution in [-0.4, -0.2) is 44.3 Å². The maximum Gasteiger partial charge on any atom is 0.135 e. The molecule has 0 aliphatic rings. The van der Waals surface area contributed by atoms with E-state index in [0.29, 0.717) is 12.5 Å². The van der Waals surface area contributed by atoms with Crippen LogP contribution in [0.15, 0.2) is 23.2 Å². The Kier molecular flexibility index (Phi) is 11.2. The molecule has 1 N–H and O–H groups in total. The average Bonchev–Trinajstić information content (AvgIpc) is 2.77. The molecule has 0 bridgehead atoms. The number of hydrogen-bond acceptors (Lipinski definition) is 5. The van der Waals surface area contributed by atoms with Crippen LogP contribution in [0.3, 0.4) is 0 Å². The van der Waals surface area contributed by atoms with Crippen molar-refractivity contribution in [3.8, 4) is 11.3 Å². The van der Waals surface area contributed by atoms with E-state index in [1.165, 1.54) is 5.56 Å². The van der Waals surface area contributed by atoms with Crippen molar-refractivity contribution in [3.05, 3.63) is 40.1 Å². The first kappa shape index (κ1) is 27.1. The van der Waals surface area contributed by atoms with Gasteiger partial charge in [0.1, 0.15) is 5.82 Å². The van der Waals surface area contributed by atoms with E-state index in [1.807, 2.05) is 27.8 Å². The molecule has 0 saturated heterocycles. The fourth-order valence-electron chi connectivity index (χ4n) is 3.28. The number of allylic oxidation sites excluding steroid dienone is 1. The molecule has 2 heterocycles. The summed E-state index contributed by atoms with van der Waals surface area (Å²) in [6.07, 6.45) is 0.872. The van der Waals surface area contributed by atoms with E-state index in [2.05, 4.69) is 72.7 Å². The first-order chi connectivity index (χ1) is 14.7. The standard InChI is InChI=1S/C23H33BrN4O.C2H6/c1-9-16-12-19(28(7)10-11-29-8)21(15(4)5)26-22(16)17-13-18(24)20(14(2)3)27-23(17)25-6;1-2/h12-14H,4,9-11H2,1-3,5-8H3,(H,25,27);1-2H3. The number of aromatic nitrogens is 2. The Hall–Kier alpha value is -1.92. The zero-order valence-corrected chi connectivity index (χ0v) is 22.3. The number of nitrogens with zero attached hydrogens (tertiary/aromatic N) is 3. The van der Waals surface area contributed by atoms with E-state index in [1.54, 1.807) is 7.11 Å². The third-order valence-corrected chi connectivity index (χ3v) is 5.59. The summed E-state index contributed by atoms with van der Waals surface area (Å²) in [6, 6.07) is 4.36. The van der Waals surface area contributed by atoms with Gasteiger partial charge in [0.05, 0.1) is 29.4 Å². The lowest BCUT2D eigenvalue weighted by Gasteiger charge is -2.24. The fraction of sp³-hybridized carbons (Fsp3) is 0.520. The van der Waals surface area contributed by atoms with Crippen molar-refractivity contribution in [3.63, 3.8) is 0 Å². The second-order valence-corrected chi connectivity index (χ2v) is 8.42. The maximum atomic E-state index is 5.25. The van der Waals surface area contributed by atoms with Crippen LogP contribution in [0.2, 0.25) is 0 Å². The number of rotatable bonds is 9. The molecule has 0 radical (unpaired) electrons. The number of ether oxygens (including phenoxy) is 1. The summed E-state index contributed by atoms with van der Waals surface area (Å²) in [7, 11) is 5.69. The molecular weight excluding hydrogens is 452 g/mol. The highest BCUT2D eigenvalue weighted by Crippen LogP contribution is 2.37. The number of hydrogen-bond donors (Lipinski definition) is 1. The Morgan fingerprint density at radius 2 is 1.90 bits per heavy atom. The highest BCUT2D eigenvalue weighted by molar-refractivity contribution is 9.10. The van der Waals surface area contributed by atoms with Gasteiger partial charge in [0.25, 0.3) is 0 Å². The van der Waals surface area contributed by atoms with Crippen molar-refractivity contribution >= 4 is 33.0 Å². The van der Waals surface area contributed by atoms with Crippen LogP contribution in [0.5, 0.6) is 0 Å². The van der Waals surface area contributed by atoms with Crippen molar-refractivity contribution < 1.29 is 4.74 Å². The van der Waals surface area contributed by atoms with Crippen LogP contribution in [0.1, 0.15) is 64.4 Å². The molecule has 0 spiro atoms. The highest BCUT2D eigenvalue weighted by Gasteiger charge is 2.20. The Morgan fingerprint density at radius 3 is 2.39 bits per heavy atom. The van der Waals surface area contributed by atoms with Crippen molar-refractivity contribution in [2.45, 2.75) is 53.9 Å². The summed E-state index contributed by atoms with van der Waals surface area (Å²) in [5.74, 6) is 1.17. The molecule has 0 saturated carbocycles. The minimum Gasteiger partial charge on any atom is -0.383 e. The largest absolute Gasteiger partial charge is 0.383 e. The first-order valence-corrected chi connectivity index (χ1v) is 11.8. The topological polar surface area (TPSA) is 50.3 Å². The molecule has 0 unspecified atom stereocenters. The Balaban J connectivity index is 0.00000233. The molecule has 0 aliphatic carbocycles. The van der Waals surface area contributed by atoms with E-state index < -0.39 is 0 Å². The molecule has 6 heteroatoms. The molecule has 0 fully saturated rings. The molecule has 31 heavy (non-hydrogen) atoms. The van der Waals surface area contributed by atoms with Crippen LogP contribution in [0, 0.1) is 0 Å². The minimum absolute atomic E-state index is 0.326. The van der Waals surface area contributed by atoms with Gasteiger partial charge in [-0.25, -0.2) is 9.97 Å². The average molecular weight is 492 g/mol. The Labute approximate surface area is 197 Å². The SMILES string of the molecule is C=C(C)c1nc(-c2cc(Br)c(C(C)C)nc2NC)c(CC)cc1N(C)CCOC.CC. The molecule has 0 aliphatic heterocycles. The van der Waals surface area contributed by atoms with Crippen LogP contribution in [-0.2, 0) is 11.2 Å². The van der Waals surface area contributed by atoms with Crippen LogP contribution < -0.4 is 10.2 Å². The number of aryl methyl sites for hydroxylation is 1. The van der Waals surface area contributed by atoms with Gasteiger partial charge in [-0.05, 0) is 58.5 Å². The zero-order chi connectivity index (χ0) is 23.7. The monoisotopic (exact) mass is 490 g/mol. The molecule has 0 aromatic carbocycles. The molecular formula is C25H39BrN4O. The number of methoxy groups -OCH3 is 1. The lowest BCUT2D eigenvalue weighted by molar-refractivity contribution is 0.206. The summed E-state index contributed by atoms with van der Waals surface area (Å²) in [5, 5.41) is 3.26. The van der Waals surface area contributed by atoms with Crippen molar-refractivity contribution in [2.75, 3.05) is 44.6 Å². The van der Waals surface area contributed by atoms with Gasteiger partial charge in [-0.1, -0.05) is 41.2 Å². The first-order valence-electron chi connectivity index (χ1n) is 11.0. The number of likely N-dealkylation sites (N-methyl/N-ethyl adjacent to an activating group) is 1. The summed E-state index contributed by atoms with van der Waals surface area (Å²) >= 11 is 3.71. The number of nitrogens with one attached hydrogen (secondary N) is 1. The number of pyridine rings is 2. The number of halogens is 1. The highest BCUT2D eigenvalue weighted by atomic mass is 79.9.